The molecule has 0 spiro atoms. The van der Waals surface area contributed by atoms with E-state index in [1.54, 1.807) is 48.5 Å². The van der Waals surface area contributed by atoms with Crippen LogP contribution in [0.1, 0.15) is 56.7 Å². The van der Waals surface area contributed by atoms with E-state index >= 15 is 0 Å². The standard InChI is InChI=1S/C36H30BrClN2O5/c1-17-4-5-21(12-18(17)2)29(41)16-45-36(44)26-15-28(39-33-19(3)32(38)27(37)14-25(26)33)20-8-10-24(11-9-20)40-34(42)30-22-6-7-23(13-22)31(30)35(40)43/h4-5,8-12,14-15,22-23,30-31H,6-7,13,16H2,1-3H3. The molecule has 4 unspecified atom stereocenters. The number of ether oxygens (including phenoxy) is 1. The van der Waals surface area contributed by atoms with Crippen molar-refractivity contribution in [2.24, 2.45) is 23.7 Å². The Bertz CT molecular complexity index is 1930. The van der Waals surface area contributed by atoms with Crippen LogP contribution in [0.3, 0.4) is 0 Å². The van der Waals surface area contributed by atoms with Crippen LogP contribution in [0.15, 0.2) is 59.1 Å². The second kappa shape index (κ2) is 11.2. The fourth-order valence-electron chi connectivity index (χ4n) is 7.43. The third-order valence-corrected chi connectivity index (χ3v) is 11.3. The number of carbonyl (C=O) groups excluding carboxylic acids is 4. The zero-order valence-corrected chi connectivity index (χ0v) is 27.4. The van der Waals surface area contributed by atoms with Crippen LogP contribution in [-0.4, -0.2) is 35.2 Å². The van der Waals surface area contributed by atoms with Crippen LogP contribution in [0.25, 0.3) is 22.2 Å². The average Bonchev–Trinajstić information content (AvgIpc) is 3.73. The quantitative estimate of drug-likeness (QED) is 0.117. The second-order valence-corrected chi connectivity index (χ2v) is 13.7. The number of ketones is 1. The number of aryl methyl sites for hydroxylation is 3. The number of aromatic nitrogens is 1. The zero-order chi connectivity index (χ0) is 31.7. The largest absolute Gasteiger partial charge is 0.454 e. The van der Waals surface area contributed by atoms with Gasteiger partial charge in [-0.2, -0.15) is 0 Å². The number of pyridine rings is 1. The molecule has 2 heterocycles. The summed E-state index contributed by atoms with van der Waals surface area (Å²) in [4.78, 5) is 59.3. The van der Waals surface area contributed by atoms with Crippen LogP contribution < -0.4 is 4.90 Å². The van der Waals surface area contributed by atoms with Crippen LogP contribution in [0, 0.1) is 44.4 Å². The van der Waals surface area contributed by atoms with Gasteiger partial charge in [-0.15, -0.1) is 0 Å². The van der Waals surface area contributed by atoms with Crippen molar-refractivity contribution in [3.05, 3.63) is 91.9 Å². The molecule has 3 fully saturated rings. The molecule has 1 aromatic heterocycles. The number of benzene rings is 3. The van der Waals surface area contributed by atoms with Crippen LogP contribution >= 0.6 is 27.5 Å². The lowest BCUT2D eigenvalue weighted by Gasteiger charge is -2.19. The molecule has 0 radical (unpaired) electrons. The summed E-state index contributed by atoms with van der Waals surface area (Å²) in [6, 6.07) is 15.8. The molecule has 1 saturated heterocycles. The monoisotopic (exact) mass is 684 g/mol. The van der Waals surface area contributed by atoms with E-state index in [9.17, 15) is 19.2 Å². The number of hydrogen-bond donors (Lipinski definition) is 0. The molecule has 3 aliphatic rings. The van der Waals surface area contributed by atoms with Gasteiger partial charge >= 0.3 is 5.97 Å². The molecule has 0 N–H and O–H groups in total. The predicted molar refractivity (Wildman–Crippen MR) is 175 cm³/mol. The highest BCUT2D eigenvalue weighted by atomic mass is 79.9. The van der Waals surface area contributed by atoms with Gasteiger partial charge in [0.1, 0.15) is 0 Å². The summed E-state index contributed by atoms with van der Waals surface area (Å²) in [5, 5.41) is 1.000. The summed E-state index contributed by atoms with van der Waals surface area (Å²) >= 11 is 10.0. The minimum Gasteiger partial charge on any atom is -0.454 e. The Kier molecular flexibility index (Phi) is 7.40. The first-order chi connectivity index (χ1) is 21.5. The maximum absolute atomic E-state index is 13.5. The van der Waals surface area contributed by atoms with Crippen molar-refractivity contribution in [2.45, 2.75) is 40.0 Å². The number of carbonyl (C=O) groups is 4. The van der Waals surface area contributed by atoms with Crippen LogP contribution in [0.5, 0.6) is 0 Å². The molecule has 228 valence electrons. The van der Waals surface area contributed by atoms with Crippen molar-refractivity contribution < 1.29 is 23.9 Å². The van der Waals surface area contributed by atoms with E-state index in [4.69, 9.17) is 21.3 Å². The molecule has 4 aromatic rings. The van der Waals surface area contributed by atoms with Gasteiger partial charge in [0.15, 0.2) is 12.4 Å². The summed E-state index contributed by atoms with van der Waals surface area (Å²) in [5.41, 5.74) is 5.66. The van der Waals surface area contributed by atoms with E-state index in [1.165, 1.54) is 4.90 Å². The minimum absolute atomic E-state index is 0.0926. The van der Waals surface area contributed by atoms with Crippen LogP contribution in [-0.2, 0) is 14.3 Å². The predicted octanol–water partition coefficient (Wildman–Crippen LogP) is 7.82. The molecule has 2 aliphatic carbocycles. The number of rotatable bonds is 6. The highest BCUT2D eigenvalue weighted by Crippen LogP contribution is 2.56. The average molecular weight is 686 g/mol. The van der Waals surface area contributed by atoms with Crippen molar-refractivity contribution in [2.75, 3.05) is 11.5 Å². The van der Waals surface area contributed by atoms with Gasteiger partial charge in [-0.1, -0.05) is 35.9 Å². The molecule has 7 rings (SSSR count). The van der Waals surface area contributed by atoms with Gasteiger partial charge in [0.05, 0.1) is 39.3 Å². The minimum atomic E-state index is -0.666. The number of halogens is 2. The first-order valence-corrected chi connectivity index (χ1v) is 16.3. The van der Waals surface area contributed by atoms with E-state index in [0.717, 1.165) is 30.4 Å². The molecule has 2 saturated carbocycles. The highest BCUT2D eigenvalue weighted by Gasteiger charge is 2.61. The van der Waals surface area contributed by atoms with E-state index in [1.807, 2.05) is 26.8 Å². The third kappa shape index (κ3) is 4.90. The number of anilines is 1. The Morgan fingerprint density at radius 2 is 1.60 bits per heavy atom. The molecule has 1 aliphatic heterocycles. The molecule has 7 nitrogen and oxygen atoms in total. The molecular formula is C36H30BrClN2O5. The zero-order valence-electron chi connectivity index (χ0n) is 25.0. The van der Waals surface area contributed by atoms with Crippen molar-refractivity contribution >= 4 is 67.7 Å². The van der Waals surface area contributed by atoms with Gasteiger partial charge < -0.3 is 4.74 Å². The fourth-order valence-corrected chi connectivity index (χ4v) is 8.10. The number of hydrogen-bond acceptors (Lipinski definition) is 6. The third-order valence-electron chi connectivity index (χ3n) is 9.96. The summed E-state index contributed by atoms with van der Waals surface area (Å²) in [6.07, 6.45) is 3.03. The number of nitrogens with zero attached hydrogens (tertiary/aromatic N) is 2. The van der Waals surface area contributed by atoms with Gasteiger partial charge in [-0.05, 0) is 115 Å². The first kappa shape index (κ1) is 29.8. The number of esters is 1. The number of fused-ring (bicyclic) bond motifs is 6. The molecule has 2 bridgehead atoms. The SMILES string of the molecule is Cc1ccc(C(=O)COC(=O)c2cc(-c3ccc(N4C(=O)C5C6CCC(C6)C5C4=O)cc3)nc3c(C)c(Cl)c(Br)cc23)cc1C. The molecule has 4 atom stereocenters. The van der Waals surface area contributed by atoms with Crippen molar-refractivity contribution in [3.63, 3.8) is 0 Å². The first-order valence-electron chi connectivity index (χ1n) is 15.1. The summed E-state index contributed by atoms with van der Waals surface area (Å²) in [7, 11) is 0. The van der Waals surface area contributed by atoms with Gasteiger partial charge in [-0.25, -0.2) is 9.78 Å². The highest BCUT2D eigenvalue weighted by molar-refractivity contribution is 9.10. The van der Waals surface area contributed by atoms with Gasteiger partial charge in [0.2, 0.25) is 11.8 Å². The molecular weight excluding hydrogens is 656 g/mol. The maximum Gasteiger partial charge on any atom is 0.339 e. The number of imide groups is 1. The van der Waals surface area contributed by atoms with Gasteiger partial charge in [0.25, 0.3) is 0 Å². The normalized spacial score (nSPS) is 21.9. The Morgan fingerprint density at radius 1 is 0.933 bits per heavy atom. The Balaban J connectivity index is 1.20. The van der Waals surface area contributed by atoms with Crippen molar-refractivity contribution in [1.82, 2.24) is 4.98 Å². The van der Waals surface area contributed by atoms with Gasteiger partial charge in [0, 0.05) is 21.0 Å². The second-order valence-electron chi connectivity index (χ2n) is 12.5. The molecule has 3 aromatic carbocycles. The number of Topliss-reactive ketones (excluding diaryl/α,β-unsaturated/α-hetero) is 1. The van der Waals surface area contributed by atoms with Crippen molar-refractivity contribution in [1.29, 1.82) is 0 Å². The molecule has 9 heteroatoms. The lowest BCUT2D eigenvalue weighted by molar-refractivity contribution is -0.123. The van der Waals surface area contributed by atoms with Crippen LogP contribution in [0.2, 0.25) is 5.02 Å². The maximum atomic E-state index is 13.5. The summed E-state index contributed by atoms with van der Waals surface area (Å²) in [6.45, 7) is 5.30. The van der Waals surface area contributed by atoms with E-state index in [-0.39, 0.29) is 35.0 Å². The lowest BCUT2D eigenvalue weighted by atomic mass is 9.81. The fraction of sp³-hybridized carbons (Fsp3) is 0.306. The summed E-state index contributed by atoms with van der Waals surface area (Å²) < 4.78 is 6.15. The lowest BCUT2D eigenvalue weighted by Crippen LogP contribution is -2.32. The summed E-state index contributed by atoms with van der Waals surface area (Å²) in [5.74, 6) is -0.917. The van der Waals surface area contributed by atoms with Crippen LogP contribution in [0.4, 0.5) is 5.69 Å². The topological polar surface area (TPSA) is 93.6 Å². The molecule has 2 amide bonds. The Hall–Kier alpha value is -3.88. The Morgan fingerprint density at radius 3 is 2.24 bits per heavy atom. The van der Waals surface area contributed by atoms with Gasteiger partial charge in [-0.3, -0.25) is 19.3 Å². The van der Waals surface area contributed by atoms with Crippen molar-refractivity contribution in [3.8, 4) is 11.3 Å². The molecule has 45 heavy (non-hydrogen) atoms. The number of amides is 2. The smallest absolute Gasteiger partial charge is 0.339 e. The van der Waals surface area contributed by atoms with E-state index < -0.39 is 12.6 Å². The van der Waals surface area contributed by atoms with E-state index in [0.29, 0.717) is 60.3 Å². The van der Waals surface area contributed by atoms with E-state index in [2.05, 4.69) is 15.9 Å². The Labute approximate surface area is 274 Å².